The number of aromatic nitrogens is 1. The number of phenols is 1. The first kappa shape index (κ1) is 19.6. The first-order valence-electron chi connectivity index (χ1n) is 9.05. The molecule has 7 nitrogen and oxygen atoms in total. The molecule has 7 heteroatoms. The molecule has 1 fully saturated rings. The molecule has 6 N–H and O–H groups in total. The lowest BCUT2D eigenvalue weighted by Crippen LogP contribution is -2.28. The number of amides is 1. The van der Waals surface area contributed by atoms with Gasteiger partial charge in [0.05, 0.1) is 6.10 Å². The Morgan fingerprint density at radius 1 is 1.39 bits per heavy atom. The lowest BCUT2D eigenvalue weighted by Gasteiger charge is -2.16. The fourth-order valence-corrected chi connectivity index (χ4v) is 3.76. The minimum absolute atomic E-state index is 0.0373. The van der Waals surface area contributed by atoms with Crippen LogP contribution < -0.4 is 11.5 Å². The van der Waals surface area contributed by atoms with Crippen LogP contribution in [0.5, 0.6) is 5.75 Å². The van der Waals surface area contributed by atoms with Crippen LogP contribution in [0.1, 0.15) is 28.3 Å². The summed E-state index contributed by atoms with van der Waals surface area (Å²) in [5.74, 6) is 0.432. The molecule has 2 atom stereocenters. The molecule has 2 heterocycles. The summed E-state index contributed by atoms with van der Waals surface area (Å²) >= 11 is 0. The van der Waals surface area contributed by atoms with Crippen molar-refractivity contribution in [3.63, 3.8) is 0 Å². The van der Waals surface area contributed by atoms with Crippen LogP contribution in [-0.2, 0) is 9.53 Å². The Labute approximate surface area is 164 Å². The van der Waals surface area contributed by atoms with Gasteiger partial charge in [-0.3, -0.25) is 4.79 Å². The molecule has 2 unspecified atom stereocenters. The summed E-state index contributed by atoms with van der Waals surface area (Å²) in [6, 6.07) is 6.88. The fraction of sp³-hybridized carbons (Fsp3) is 0.286. The van der Waals surface area contributed by atoms with Crippen LogP contribution in [-0.4, -0.2) is 47.2 Å². The predicted molar refractivity (Wildman–Crippen MR) is 110 cm³/mol. The molecular formula is C21H26N4O3. The Morgan fingerprint density at radius 3 is 2.75 bits per heavy atom. The number of carbonyl (C=O) groups excluding carboxylic acids is 1. The quantitative estimate of drug-likeness (QED) is 0.591. The minimum atomic E-state index is -0.145. The molecule has 0 radical (unpaired) electrons. The number of aromatic hydroxyl groups is 1. The molecule has 148 valence electrons. The number of ether oxygens (including phenoxy) is 1. The Hall–Kier alpha value is -3.19. The number of likely N-dealkylation sites (tertiary alicyclic amines) is 1. The van der Waals surface area contributed by atoms with Crippen LogP contribution in [0.15, 0.2) is 36.9 Å². The maximum atomic E-state index is 12.0. The highest BCUT2D eigenvalue weighted by molar-refractivity contribution is 5.88. The van der Waals surface area contributed by atoms with E-state index in [2.05, 4.69) is 11.6 Å². The van der Waals surface area contributed by atoms with Gasteiger partial charge in [-0.15, -0.1) is 0 Å². The molecule has 0 spiro atoms. The monoisotopic (exact) mass is 382 g/mol. The summed E-state index contributed by atoms with van der Waals surface area (Å²) < 4.78 is 5.61. The van der Waals surface area contributed by atoms with Crippen molar-refractivity contribution in [2.24, 2.45) is 5.73 Å². The Bertz CT molecular complexity index is 932. The molecule has 1 aromatic heterocycles. The van der Waals surface area contributed by atoms with Crippen LogP contribution >= 0.6 is 0 Å². The van der Waals surface area contributed by atoms with Crippen LogP contribution in [0.25, 0.3) is 11.8 Å². The molecule has 1 aromatic carbocycles. The molecular weight excluding hydrogens is 356 g/mol. The van der Waals surface area contributed by atoms with E-state index in [0.717, 1.165) is 16.8 Å². The van der Waals surface area contributed by atoms with Crippen molar-refractivity contribution >= 4 is 23.5 Å². The van der Waals surface area contributed by atoms with Gasteiger partial charge in [0.1, 0.15) is 11.6 Å². The number of para-hydroxylation sites is 1. The van der Waals surface area contributed by atoms with Crippen molar-refractivity contribution in [1.29, 1.82) is 0 Å². The summed E-state index contributed by atoms with van der Waals surface area (Å²) in [5, 5.41) is 10.0. The van der Waals surface area contributed by atoms with E-state index < -0.39 is 0 Å². The van der Waals surface area contributed by atoms with Crippen LogP contribution in [0, 0.1) is 6.92 Å². The van der Waals surface area contributed by atoms with Gasteiger partial charge in [0, 0.05) is 48.6 Å². The number of aromatic amines is 1. The first-order valence-corrected chi connectivity index (χ1v) is 9.05. The van der Waals surface area contributed by atoms with Gasteiger partial charge in [-0.1, -0.05) is 18.7 Å². The topological polar surface area (TPSA) is 118 Å². The summed E-state index contributed by atoms with van der Waals surface area (Å²) in [4.78, 5) is 17.0. The van der Waals surface area contributed by atoms with Gasteiger partial charge >= 0.3 is 0 Å². The third-order valence-electron chi connectivity index (χ3n) is 5.31. The summed E-state index contributed by atoms with van der Waals surface area (Å²) in [5.41, 5.74) is 16.0. The number of nitrogens with zero attached hydrogens (tertiary/aromatic N) is 1. The number of anilines is 1. The lowest BCUT2D eigenvalue weighted by molar-refractivity contribution is -0.125. The Balaban J connectivity index is 1.96. The number of nitrogens with one attached hydrogen (secondary N) is 1. The van der Waals surface area contributed by atoms with Crippen molar-refractivity contribution in [2.75, 3.05) is 25.9 Å². The minimum Gasteiger partial charge on any atom is -0.507 e. The van der Waals surface area contributed by atoms with E-state index in [0.29, 0.717) is 30.2 Å². The molecule has 1 saturated heterocycles. The maximum Gasteiger partial charge on any atom is 0.246 e. The van der Waals surface area contributed by atoms with Crippen molar-refractivity contribution in [3.8, 4) is 5.75 Å². The van der Waals surface area contributed by atoms with E-state index in [1.165, 1.54) is 6.08 Å². The summed E-state index contributed by atoms with van der Waals surface area (Å²) in [7, 11) is 1.64. The number of hydrogen-bond donors (Lipinski definition) is 4. The zero-order valence-electron chi connectivity index (χ0n) is 16.1. The number of hydrogen-bond acceptors (Lipinski definition) is 5. The summed E-state index contributed by atoms with van der Waals surface area (Å²) in [6.45, 7) is 6.52. The van der Waals surface area contributed by atoms with Crippen molar-refractivity contribution < 1.29 is 14.6 Å². The fourth-order valence-electron chi connectivity index (χ4n) is 3.76. The highest BCUT2D eigenvalue weighted by atomic mass is 16.5. The first-order chi connectivity index (χ1) is 13.4. The maximum absolute atomic E-state index is 12.0. The SMILES string of the molecule is C=CC(=O)N1CC(OC)C(c2[nH]c(N)c(/C=C(\N)c3ccccc3O)c2C)C1. The standard InChI is InChI=1S/C21H26N4O3/c1-4-19(27)25-10-15(18(11-25)28-3)20-12(2)14(21(23)24-20)9-16(22)13-7-5-6-8-17(13)26/h4-9,15,18,24,26H,1,10-11,22-23H2,2-3H3/b16-9-. The Kier molecular flexibility index (Phi) is 5.46. The largest absolute Gasteiger partial charge is 0.507 e. The van der Waals surface area contributed by atoms with Crippen molar-refractivity contribution in [1.82, 2.24) is 9.88 Å². The number of carbonyl (C=O) groups is 1. The van der Waals surface area contributed by atoms with Gasteiger partial charge in [-0.25, -0.2) is 0 Å². The smallest absolute Gasteiger partial charge is 0.246 e. The third kappa shape index (κ3) is 3.48. The highest BCUT2D eigenvalue weighted by Gasteiger charge is 2.37. The van der Waals surface area contributed by atoms with Gasteiger partial charge in [-0.05, 0) is 36.8 Å². The molecule has 1 amide bonds. The predicted octanol–water partition coefficient (Wildman–Crippen LogP) is 2.19. The van der Waals surface area contributed by atoms with Crippen molar-refractivity contribution in [3.05, 3.63) is 59.3 Å². The average Bonchev–Trinajstić information content (AvgIpc) is 3.23. The molecule has 1 aliphatic rings. The van der Waals surface area contributed by atoms with E-state index in [4.69, 9.17) is 16.2 Å². The molecule has 3 rings (SSSR count). The number of H-pyrrole nitrogens is 1. The van der Waals surface area contributed by atoms with Crippen LogP contribution in [0.3, 0.4) is 0 Å². The molecule has 0 aliphatic carbocycles. The third-order valence-corrected chi connectivity index (χ3v) is 5.31. The molecule has 2 aromatic rings. The zero-order valence-corrected chi connectivity index (χ0v) is 16.1. The van der Waals surface area contributed by atoms with Gasteiger partial charge in [-0.2, -0.15) is 0 Å². The Morgan fingerprint density at radius 2 is 2.11 bits per heavy atom. The average molecular weight is 382 g/mol. The van der Waals surface area contributed by atoms with Gasteiger partial charge < -0.3 is 31.2 Å². The second kappa shape index (κ2) is 7.82. The molecule has 1 aliphatic heterocycles. The van der Waals surface area contributed by atoms with Crippen LogP contribution in [0.2, 0.25) is 0 Å². The zero-order chi connectivity index (χ0) is 20.4. The number of benzene rings is 1. The normalized spacial score (nSPS) is 19.8. The highest BCUT2D eigenvalue weighted by Crippen LogP contribution is 2.35. The summed E-state index contributed by atoms with van der Waals surface area (Å²) in [6.07, 6.45) is 2.92. The van der Waals surface area contributed by atoms with Gasteiger partial charge in [0.2, 0.25) is 5.91 Å². The lowest BCUT2D eigenvalue weighted by atomic mass is 9.97. The van der Waals surface area contributed by atoms with E-state index in [1.54, 1.807) is 42.4 Å². The van der Waals surface area contributed by atoms with E-state index >= 15 is 0 Å². The number of phenolic OH excluding ortho intramolecular Hbond substituents is 1. The number of nitrogens with two attached hydrogens (primary N) is 2. The van der Waals surface area contributed by atoms with E-state index in [-0.39, 0.29) is 23.7 Å². The van der Waals surface area contributed by atoms with Gasteiger partial charge in [0.15, 0.2) is 0 Å². The molecule has 0 bridgehead atoms. The molecule has 0 saturated carbocycles. The van der Waals surface area contributed by atoms with Crippen molar-refractivity contribution in [2.45, 2.75) is 18.9 Å². The second-order valence-corrected chi connectivity index (χ2v) is 6.94. The number of methoxy groups -OCH3 is 1. The van der Waals surface area contributed by atoms with Gasteiger partial charge in [0.25, 0.3) is 0 Å². The van der Waals surface area contributed by atoms with E-state index in [9.17, 15) is 9.90 Å². The second-order valence-electron chi connectivity index (χ2n) is 6.94. The van der Waals surface area contributed by atoms with Crippen LogP contribution in [0.4, 0.5) is 5.82 Å². The number of rotatable bonds is 5. The van der Waals surface area contributed by atoms with E-state index in [1.807, 2.05) is 6.92 Å². The number of nitrogen functional groups attached to an aromatic ring is 1. The molecule has 28 heavy (non-hydrogen) atoms.